The summed E-state index contributed by atoms with van der Waals surface area (Å²) in [6, 6.07) is 29.4. The highest BCUT2D eigenvalue weighted by Gasteiger charge is 2.39. The van der Waals surface area contributed by atoms with Gasteiger partial charge in [0.1, 0.15) is 6.61 Å². The molecule has 2 aliphatic heterocycles. The summed E-state index contributed by atoms with van der Waals surface area (Å²) in [6.45, 7) is 5.40. The van der Waals surface area contributed by atoms with Gasteiger partial charge >= 0.3 is 11.9 Å². The Hall–Kier alpha value is -4.42. The molecule has 1 unspecified atom stereocenters. The Bertz CT molecular complexity index is 1620. The number of esters is 2. The van der Waals surface area contributed by atoms with Crippen LogP contribution < -0.4 is 5.32 Å². The number of carbonyl (C=O) groups is 2. The number of likely N-dealkylation sites (tertiary alicyclic amines) is 1. The summed E-state index contributed by atoms with van der Waals surface area (Å²) in [6.07, 6.45) is 4.25. The highest BCUT2D eigenvalue weighted by atomic mass is 35.5. The molecule has 0 bridgehead atoms. The van der Waals surface area contributed by atoms with Crippen molar-refractivity contribution in [2.45, 2.75) is 50.9 Å². The number of piperidine rings is 1. The van der Waals surface area contributed by atoms with Crippen molar-refractivity contribution in [3.63, 3.8) is 0 Å². The largest absolute Gasteiger partial charge is 0.462 e. The fraction of sp³-hybridized carbons (Fsp3) is 0.375. The lowest BCUT2D eigenvalue weighted by atomic mass is 9.80. The van der Waals surface area contributed by atoms with Crippen LogP contribution in [0.15, 0.2) is 107 Å². The van der Waals surface area contributed by atoms with Gasteiger partial charge in [-0.25, -0.2) is 9.59 Å². The van der Waals surface area contributed by atoms with Crippen molar-refractivity contribution in [1.82, 2.24) is 10.2 Å². The second-order valence-corrected chi connectivity index (χ2v) is 12.8. The van der Waals surface area contributed by atoms with E-state index in [1.54, 1.807) is 25.1 Å². The molecule has 2 aliphatic rings. The Balaban J connectivity index is 1.43. The Morgan fingerprint density at radius 2 is 1.53 bits per heavy atom. The third-order valence-corrected chi connectivity index (χ3v) is 9.24. The van der Waals surface area contributed by atoms with Gasteiger partial charge in [0.15, 0.2) is 0 Å². The molecule has 5 rings (SSSR count). The maximum absolute atomic E-state index is 14.3. The SMILES string of the molecule is CC1=C(C(=O)OCCC#N)C(c2cccc(Cl)c2)C(C(=O)OCCC(c2ccccc2)c2ccccc2)=C(COCCN2CCCCC2)N1. The predicted molar refractivity (Wildman–Crippen MR) is 190 cm³/mol. The lowest BCUT2D eigenvalue weighted by molar-refractivity contribution is -0.140. The van der Waals surface area contributed by atoms with E-state index < -0.39 is 17.9 Å². The fourth-order valence-corrected chi connectivity index (χ4v) is 6.80. The number of hydrogen-bond donors (Lipinski definition) is 1. The number of carbonyl (C=O) groups excluding carboxylic acids is 2. The molecule has 1 saturated heterocycles. The lowest BCUT2D eigenvalue weighted by Crippen LogP contribution is -2.36. The number of rotatable bonds is 15. The first-order chi connectivity index (χ1) is 24.0. The third kappa shape index (κ3) is 9.82. The first-order valence-corrected chi connectivity index (χ1v) is 17.4. The minimum absolute atomic E-state index is 0.0165. The summed E-state index contributed by atoms with van der Waals surface area (Å²) in [4.78, 5) is 30.3. The number of hydrogen-bond acceptors (Lipinski definition) is 8. The predicted octanol–water partition coefficient (Wildman–Crippen LogP) is 7.28. The summed E-state index contributed by atoms with van der Waals surface area (Å²) >= 11 is 6.46. The van der Waals surface area contributed by atoms with Gasteiger partial charge in [-0.15, -0.1) is 0 Å². The number of nitriles is 1. The summed E-state index contributed by atoms with van der Waals surface area (Å²) in [5.74, 6) is -1.99. The zero-order valence-corrected chi connectivity index (χ0v) is 28.8. The van der Waals surface area contributed by atoms with E-state index in [0.29, 0.717) is 35.0 Å². The second-order valence-electron chi connectivity index (χ2n) is 12.3. The first kappa shape index (κ1) is 35.9. The van der Waals surface area contributed by atoms with Crippen molar-refractivity contribution in [3.8, 4) is 6.07 Å². The summed E-state index contributed by atoms with van der Waals surface area (Å²) in [5, 5.41) is 12.8. The van der Waals surface area contributed by atoms with Gasteiger partial charge in [-0.05, 0) is 68.1 Å². The molecule has 1 atom stereocenters. The van der Waals surface area contributed by atoms with Crippen molar-refractivity contribution in [3.05, 3.63) is 129 Å². The van der Waals surface area contributed by atoms with Crippen molar-refractivity contribution in [1.29, 1.82) is 5.26 Å². The monoisotopic (exact) mass is 681 g/mol. The van der Waals surface area contributed by atoms with Crippen LogP contribution in [0.5, 0.6) is 0 Å². The van der Waals surface area contributed by atoms with Crippen LogP contribution in [-0.4, -0.2) is 62.9 Å². The highest BCUT2D eigenvalue weighted by molar-refractivity contribution is 6.30. The third-order valence-electron chi connectivity index (χ3n) is 9.00. The number of dihydropyridines is 1. The van der Waals surface area contributed by atoms with Crippen LogP contribution in [0.2, 0.25) is 5.02 Å². The van der Waals surface area contributed by atoms with E-state index in [2.05, 4.69) is 34.5 Å². The van der Waals surface area contributed by atoms with Crippen LogP contribution in [0, 0.1) is 11.3 Å². The molecule has 49 heavy (non-hydrogen) atoms. The molecule has 0 aromatic heterocycles. The number of halogens is 1. The van der Waals surface area contributed by atoms with Crippen molar-refractivity contribution in [2.24, 2.45) is 0 Å². The lowest BCUT2D eigenvalue weighted by Gasteiger charge is -2.32. The van der Waals surface area contributed by atoms with E-state index in [9.17, 15) is 9.59 Å². The molecular formula is C40H44ClN3O5. The van der Waals surface area contributed by atoms with Gasteiger partial charge in [0.25, 0.3) is 0 Å². The summed E-state index contributed by atoms with van der Waals surface area (Å²) < 4.78 is 17.8. The van der Waals surface area contributed by atoms with Crippen LogP contribution in [0.25, 0.3) is 0 Å². The van der Waals surface area contributed by atoms with Gasteiger partial charge in [-0.2, -0.15) is 5.26 Å². The van der Waals surface area contributed by atoms with E-state index in [-0.39, 0.29) is 43.3 Å². The normalized spacial score (nSPS) is 16.7. The molecule has 0 amide bonds. The molecule has 1 N–H and O–H groups in total. The standard InChI is InChI=1S/C40H44ClN3O5/c1-29-36(39(45)48-24-12-20-42)37(32-17-11-18-33(41)27-32)38(35(43-29)28-47-26-23-44-21-9-4-10-22-44)40(46)49-25-19-34(30-13-5-2-6-14-30)31-15-7-3-8-16-31/h2-3,5-8,11,13-18,27,34,37,43H,4,9-10,12,19,21-26,28H2,1H3. The molecule has 1 fully saturated rings. The molecule has 0 saturated carbocycles. The van der Waals surface area contributed by atoms with E-state index in [1.165, 1.54) is 19.3 Å². The Labute approximate surface area is 294 Å². The zero-order valence-electron chi connectivity index (χ0n) is 28.0. The number of allylic oxidation sites excluding steroid dienone is 1. The number of benzene rings is 3. The van der Waals surface area contributed by atoms with Crippen LogP contribution in [0.3, 0.4) is 0 Å². The number of nitrogens with one attached hydrogen (secondary N) is 1. The van der Waals surface area contributed by atoms with Gasteiger partial charge in [0, 0.05) is 23.2 Å². The Morgan fingerprint density at radius 1 is 0.878 bits per heavy atom. The smallest absolute Gasteiger partial charge is 0.336 e. The summed E-state index contributed by atoms with van der Waals surface area (Å²) in [5.41, 5.74) is 4.50. The van der Waals surface area contributed by atoms with Gasteiger partial charge in [-0.1, -0.05) is 90.8 Å². The summed E-state index contributed by atoms with van der Waals surface area (Å²) in [7, 11) is 0. The molecule has 2 heterocycles. The van der Waals surface area contributed by atoms with Crippen molar-refractivity contribution in [2.75, 3.05) is 46.1 Å². The van der Waals surface area contributed by atoms with E-state index in [0.717, 1.165) is 30.8 Å². The maximum Gasteiger partial charge on any atom is 0.336 e. The highest BCUT2D eigenvalue weighted by Crippen LogP contribution is 2.40. The van der Waals surface area contributed by atoms with Gasteiger partial charge in [0.2, 0.25) is 0 Å². The maximum atomic E-state index is 14.3. The van der Waals surface area contributed by atoms with Crippen LogP contribution in [-0.2, 0) is 23.8 Å². The topological polar surface area (TPSA) is 101 Å². The minimum Gasteiger partial charge on any atom is -0.462 e. The number of nitrogens with zero attached hydrogens (tertiary/aromatic N) is 2. The van der Waals surface area contributed by atoms with Gasteiger partial charge in [-0.3, -0.25) is 0 Å². The average Bonchev–Trinajstić information content (AvgIpc) is 3.12. The Morgan fingerprint density at radius 3 is 2.18 bits per heavy atom. The quantitative estimate of drug-likeness (QED) is 0.132. The fourth-order valence-electron chi connectivity index (χ4n) is 6.60. The molecule has 8 nitrogen and oxygen atoms in total. The number of ether oxygens (including phenoxy) is 3. The second kappa shape index (κ2) is 18.4. The van der Waals surface area contributed by atoms with Crippen molar-refractivity contribution >= 4 is 23.5 Å². The molecule has 3 aromatic carbocycles. The zero-order chi connectivity index (χ0) is 34.4. The van der Waals surface area contributed by atoms with Crippen LogP contribution >= 0.6 is 11.6 Å². The molecule has 3 aromatic rings. The van der Waals surface area contributed by atoms with Crippen LogP contribution in [0.4, 0.5) is 0 Å². The minimum atomic E-state index is -0.832. The van der Waals surface area contributed by atoms with Crippen LogP contribution in [0.1, 0.15) is 67.6 Å². The molecule has 0 radical (unpaired) electrons. The van der Waals surface area contributed by atoms with Gasteiger partial charge < -0.3 is 24.4 Å². The van der Waals surface area contributed by atoms with E-state index >= 15 is 0 Å². The molecule has 0 spiro atoms. The molecule has 256 valence electrons. The molecule has 0 aliphatic carbocycles. The van der Waals surface area contributed by atoms with Gasteiger partial charge in [0.05, 0.1) is 55.1 Å². The van der Waals surface area contributed by atoms with E-state index in [4.69, 9.17) is 31.1 Å². The average molecular weight is 682 g/mol. The van der Waals surface area contributed by atoms with E-state index in [1.807, 2.05) is 48.5 Å². The Kier molecular flexibility index (Phi) is 13.5. The van der Waals surface area contributed by atoms with Crippen molar-refractivity contribution < 1.29 is 23.8 Å². The first-order valence-electron chi connectivity index (χ1n) is 17.0. The molecular weight excluding hydrogens is 638 g/mol. The molecule has 9 heteroatoms.